The molecular formula is C82H160O17P2. The quantitative estimate of drug-likeness (QED) is 0.0222. The molecule has 0 aliphatic carbocycles. The van der Waals surface area contributed by atoms with Gasteiger partial charge in [0.05, 0.1) is 26.4 Å². The summed E-state index contributed by atoms with van der Waals surface area (Å²) in [7, 11) is -9.91. The van der Waals surface area contributed by atoms with Crippen LogP contribution in [0.5, 0.6) is 0 Å². The molecule has 0 fully saturated rings. The fourth-order valence-electron chi connectivity index (χ4n) is 12.7. The number of carbonyl (C=O) groups is 4. The summed E-state index contributed by atoms with van der Waals surface area (Å²) in [6.07, 6.45) is 66.9. The number of hydrogen-bond acceptors (Lipinski definition) is 15. The van der Waals surface area contributed by atoms with Crippen molar-refractivity contribution in [1.29, 1.82) is 0 Å². The minimum Gasteiger partial charge on any atom is -0.462 e. The molecule has 6 atom stereocenters. The molecule has 0 aliphatic heterocycles. The minimum atomic E-state index is -4.96. The molecule has 17 nitrogen and oxygen atoms in total. The second-order valence-corrected chi connectivity index (χ2v) is 32.7. The fraction of sp³-hybridized carbons (Fsp3) is 0.951. The van der Waals surface area contributed by atoms with Gasteiger partial charge in [-0.15, -0.1) is 0 Å². The van der Waals surface area contributed by atoms with E-state index in [9.17, 15) is 43.2 Å². The molecule has 0 spiro atoms. The van der Waals surface area contributed by atoms with E-state index >= 15 is 0 Å². The van der Waals surface area contributed by atoms with Crippen molar-refractivity contribution >= 4 is 39.5 Å². The van der Waals surface area contributed by atoms with E-state index in [1.807, 2.05) is 0 Å². The first-order valence-electron chi connectivity index (χ1n) is 42.7. The molecule has 0 saturated carbocycles. The van der Waals surface area contributed by atoms with Crippen molar-refractivity contribution in [3.63, 3.8) is 0 Å². The molecule has 0 saturated heterocycles. The molecule has 0 radical (unpaired) electrons. The maximum Gasteiger partial charge on any atom is 0.472 e. The van der Waals surface area contributed by atoms with Gasteiger partial charge >= 0.3 is 39.5 Å². The third kappa shape index (κ3) is 74.7. The van der Waals surface area contributed by atoms with Crippen LogP contribution >= 0.6 is 15.6 Å². The molecule has 0 aliphatic rings. The average Bonchev–Trinajstić information content (AvgIpc) is 0.929. The zero-order valence-electron chi connectivity index (χ0n) is 66.1. The van der Waals surface area contributed by atoms with E-state index in [0.717, 1.165) is 102 Å². The smallest absolute Gasteiger partial charge is 0.462 e. The Balaban J connectivity index is 5.17. The van der Waals surface area contributed by atoms with Gasteiger partial charge in [0.1, 0.15) is 19.3 Å². The van der Waals surface area contributed by atoms with Crippen molar-refractivity contribution < 1.29 is 80.2 Å². The van der Waals surface area contributed by atoms with Gasteiger partial charge in [-0.2, -0.15) is 0 Å². The maximum atomic E-state index is 13.1. The summed E-state index contributed by atoms with van der Waals surface area (Å²) < 4.78 is 68.6. The molecule has 19 heteroatoms. The number of aliphatic hydroxyl groups is 1. The van der Waals surface area contributed by atoms with E-state index < -0.39 is 97.5 Å². The number of aliphatic hydroxyl groups excluding tert-OH is 1. The van der Waals surface area contributed by atoms with Crippen LogP contribution in [0, 0.1) is 5.92 Å². The van der Waals surface area contributed by atoms with Gasteiger partial charge in [-0.1, -0.05) is 388 Å². The van der Waals surface area contributed by atoms with E-state index in [0.29, 0.717) is 25.7 Å². The van der Waals surface area contributed by atoms with E-state index in [1.54, 1.807) is 0 Å². The lowest BCUT2D eigenvalue weighted by atomic mass is 9.99. The molecule has 0 aromatic carbocycles. The molecule has 0 aromatic rings. The number of rotatable bonds is 82. The van der Waals surface area contributed by atoms with Gasteiger partial charge in [0.25, 0.3) is 0 Å². The van der Waals surface area contributed by atoms with Crippen molar-refractivity contribution in [3.05, 3.63) is 0 Å². The SMILES string of the molecule is CCCCCCCCCCCCCCCCCCCCCCCC(=O)O[C@H](COC(=O)CCCCCCCCCCCCCCCCCCCCCC)COP(=O)(O)OC[C@@H](O)COP(=O)(O)OC[C@@H](COC(=O)CCCCCCCCCC)OC(=O)CCCCCCCCCCC(C)CC. The lowest BCUT2D eigenvalue weighted by Crippen LogP contribution is -2.30. The van der Waals surface area contributed by atoms with Crippen LogP contribution in [0.3, 0.4) is 0 Å². The highest BCUT2D eigenvalue weighted by molar-refractivity contribution is 7.47. The number of ether oxygens (including phenoxy) is 4. The highest BCUT2D eigenvalue weighted by atomic mass is 31.2. The number of esters is 4. The third-order valence-electron chi connectivity index (χ3n) is 19.6. The molecule has 3 N–H and O–H groups in total. The van der Waals surface area contributed by atoms with Gasteiger partial charge in [-0.25, -0.2) is 9.13 Å². The Labute approximate surface area is 619 Å². The maximum absolute atomic E-state index is 13.1. The standard InChI is InChI=1S/C82H160O17P2/c1-6-10-13-16-19-22-24-26-28-30-32-34-36-38-40-42-44-46-52-57-62-67-81(86)98-78(72-93-80(85)66-61-56-51-45-43-41-39-37-35-33-31-29-27-25-23-20-17-14-11-7-2)74-97-101(90,91)95-70-76(83)69-94-100(88,89)96-73-77(71-92-79(84)65-60-55-50-21-18-15-12-8-3)99-82(87)68-63-58-53-48-47-49-54-59-64-75(5)9-4/h75-78,83H,6-74H2,1-5H3,(H,88,89)(H,90,91)/t75?,76-,77+,78+/m0/s1. The van der Waals surface area contributed by atoms with Crippen LogP contribution in [0.1, 0.15) is 439 Å². The zero-order chi connectivity index (χ0) is 74.1. The average molecular weight is 1480 g/mol. The monoisotopic (exact) mass is 1480 g/mol. The van der Waals surface area contributed by atoms with Gasteiger partial charge in [-0.3, -0.25) is 37.3 Å². The summed E-state index contributed by atoms with van der Waals surface area (Å²) in [5.41, 5.74) is 0. The summed E-state index contributed by atoms with van der Waals surface area (Å²) in [6.45, 7) is 7.29. The predicted octanol–water partition coefficient (Wildman–Crippen LogP) is 24.8. The topological polar surface area (TPSA) is 237 Å². The van der Waals surface area contributed by atoms with Crippen LogP contribution in [-0.2, 0) is 65.4 Å². The van der Waals surface area contributed by atoms with Crippen molar-refractivity contribution in [3.8, 4) is 0 Å². The highest BCUT2D eigenvalue weighted by Gasteiger charge is 2.30. The van der Waals surface area contributed by atoms with Crippen molar-refractivity contribution in [2.75, 3.05) is 39.6 Å². The fourth-order valence-corrected chi connectivity index (χ4v) is 14.3. The van der Waals surface area contributed by atoms with E-state index in [-0.39, 0.29) is 25.7 Å². The van der Waals surface area contributed by atoms with Crippen LogP contribution in [-0.4, -0.2) is 96.7 Å². The molecule has 101 heavy (non-hydrogen) atoms. The Bertz CT molecular complexity index is 1930. The van der Waals surface area contributed by atoms with Crippen LogP contribution in [0.15, 0.2) is 0 Å². The predicted molar refractivity (Wildman–Crippen MR) is 414 cm³/mol. The highest BCUT2D eigenvalue weighted by Crippen LogP contribution is 2.45. The molecule has 0 rings (SSSR count). The molecule has 0 bridgehead atoms. The summed E-state index contributed by atoms with van der Waals surface area (Å²) in [5.74, 6) is -1.34. The second kappa shape index (κ2) is 74.9. The Morgan fingerprint density at radius 1 is 0.277 bits per heavy atom. The first-order valence-corrected chi connectivity index (χ1v) is 45.7. The van der Waals surface area contributed by atoms with Crippen molar-refractivity contribution in [1.82, 2.24) is 0 Å². The van der Waals surface area contributed by atoms with Gasteiger partial charge in [0, 0.05) is 25.7 Å². The molecule has 600 valence electrons. The summed E-state index contributed by atoms with van der Waals surface area (Å²) in [6, 6.07) is 0. The largest absolute Gasteiger partial charge is 0.472 e. The van der Waals surface area contributed by atoms with Crippen LogP contribution in [0.2, 0.25) is 0 Å². The van der Waals surface area contributed by atoms with Crippen molar-refractivity contribution in [2.45, 2.75) is 457 Å². The Kier molecular flexibility index (Phi) is 73.5. The number of hydrogen-bond donors (Lipinski definition) is 3. The minimum absolute atomic E-state index is 0.105. The van der Waals surface area contributed by atoms with Crippen LogP contribution < -0.4 is 0 Å². The summed E-state index contributed by atoms with van der Waals surface area (Å²) in [5, 5.41) is 10.6. The summed E-state index contributed by atoms with van der Waals surface area (Å²) in [4.78, 5) is 72.9. The third-order valence-corrected chi connectivity index (χ3v) is 21.5. The first-order chi connectivity index (χ1) is 49.1. The molecular weight excluding hydrogens is 1320 g/mol. The number of carbonyl (C=O) groups excluding carboxylic acids is 4. The van der Waals surface area contributed by atoms with Gasteiger partial charge in [0.2, 0.25) is 0 Å². The molecule has 0 amide bonds. The van der Waals surface area contributed by atoms with Gasteiger partial charge in [-0.05, 0) is 31.6 Å². The van der Waals surface area contributed by atoms with E-state index in [4.69, 9.17) is 37.0 Å². The second-order valence-electron chi connectivity index (χ2n) is 29.8. The number of phosphoric ester groups is 2. The van der Waals surface area contributed by atoms with Crippen LogP contribution in [0.25, 0.3) is 0 Å². The van der Waals surface area contributed by atoms with E-state index in [1.165, 1.54) is 257 Å². The Hall–Kier alpha value is -1.94. The number of phosphoric acid groups is 2. The van der Waals surface area contributed by atoms with Crippen molar-refractivity contribution in [2.24, 2.45) is 5.92 Å². The zero-order valence-corrected chi connectivity index (χ0v) is 67.8. The molecule has 3 unspecified atom stereocenters. The van der Waals surface area contributed by atoms with Crippen LogP contribution in [0.4, 0.5) is 0 Å². The normalized spacial score (nSPS) is 14.1. The summed E-state index contributed by atoms with van der Waals surface area (Å²) >= 11 is 0. The van der Waals surface area contributed by atoms with Gasteiger partial charge in [0.15, 0.2) is 12.2 Å². The number of unbranched alkanes of at least 4 members (excludes halogenated alkanes) is 53. The molecule has 0 aromatic heterocycles. The van der Waals surface area contributed by atoms with Gasteiger partial charge < -0.3 is 33.8 Å². The van der Waals surface area contributed by atoms with E-state index in [2.05, 4.69) is 34.6 Å². The lowest BCUT2D eigenvalue weighted by Gasteiger charge is -2.21. The first kappa shape index (κ1) is 99.1. The lowest BCUT2D eigenvalue weighted by molar-refractivity contribution is -0.161. The molecule has 0 heterocycles. The Morgan fingerprint density at radius 2 is 0.475 bits per heavy atom. The Morgan fingerprint density at radius 3 is 0.703 bits per heavy atom.